The zero-order chi connectivity index (χ0) is 15.4. The lowest BCUT2D eigenvalue weighted by Gasteiger charge is -2.06. The molecule has 3 aromatic rings. The lowest BCUT2D eigenvalue weighted by molar-refractivity contribution is -0.115. The van der Waals surface area contributed by atoms with Gasteiger partial charge in [-0.15, -0.1) is 0 Å². The third-order valence-electron chi connectivity index (χ3n) is 3.04. The molecule has 0 aliphatic heterocycles. The first kappa shape index (κ1) is 13.7. The Morgan fingerprint density at radius 2 is 2.09 bits per heavy atom. The predicted octanol–water partition coefficient (Wildman–Crippen LogP) is 1.33. The van der Waals surface area contributed by atoms with Gasteiger partial charge in [0.25, 0.3) is 5.91 Å². The minimum absolute atomic E-state index is 0.141. The van der Waals surface area contributed by atoms with E-state index in [1.54, 1.807) is 6.07 Å². The number of carbonyl (C=O) groups is 2. The maximum Gasteiger partial charge on any atom is 0.271 e. The number of carbonyl (C=O) groups excluding carboxylic acids is 2. The lowest BCUT2D eigenvalue weighted by atomic mass is 10.2. The normalized spacial score (nSPS) is 10.4. The van der Waals surface area contributed by atoms with Crippen LogP contribution >= 0.6 is 0 Å². The smallest absolute Gasteiger partial charge is 0.271 e. The molecule has 1 aromatic carbocycles. The van der Waals surface area contributed by atoms with Gasteiger partial charge in [0, 0.05) is 29.8 Å². The molecule has 0 aliphatic carbocycles. The second-order valence-corrected chi connectivity index (χ2v) is 4.60. The maximum atomic E-state index is 11.9. The van der Waals surface area contributed by atoms with Gasteiger partial charge in [0.05, 0.1) is 12.7 Å². The van der Waals surface area contributed by atoms with Gasteiger partial charge in [0.15, 0.2) is 0 Å². The Morgan fingerprint density at radius 3 is 2.91 bits per heavy atom. The summed E-state index contributed by atoms with van der Waals surface area (Å²) in [6, 6.07) is 7.48. The van der Waals surface area contributed by atoms with Gasteiger partial charge in [-0.25, -0.2) is 4.98 Å². The number of amides is 2. The number of hydrogen-bond acceptors (Lipinski definition) is 4. The van der Waals surface area contributed by atoms with Crippen molar-refractivity contribution in [1.29, 1.82) is 0 Å². The molecule has 7 heteroatoms. The van der Waals surface area contributed by atoms with E-state index in [0.717, 1.165) is 10.9 Å². The van der Waals surface area contributed by atoms with E-state index in [0.29, 0.717) is 5.69 Å². The number of nitrogens with zero attached hydrogens (tertiary/aromatic N) is 2. The molecule has 0 fully saturated rings. The fourth-order valence-electron chi connectivity index (χ4n) is 2.00. The van der Waals surface area contributed by atoms with E-state index in [-0.39, 0.29) is 18.1 Å². The van der Waals surface area contributed by atoms with Crippen LogP contribution in [0.5, 0.6) is 0 Å². The fourth-order valence-corrected chi connectivity index (χ4v) is 2.00. The minimum atomic E-state index is -0.442. The van der Waals surface area contributed by atoms with Crippen molar-refractivity contribution >= 4 is 28.4 Å². The summed E-state index contributed by atoms with van der Waals surface area (Å²) < 4.78 is 0. The van der Waals surface area contributed by atoms with Crippen molar-refractivity contribution in [1.82, 2.24) is 20.3 Å². The van der Waals surface area contributed by atoms with Gasteiger partial charge in [-0.2, -0.15) is 0 Å². The Balaban J connectivity index is 1.57. The molecule has 0 unspecified atom stereocenters. The van der Waals surface area contributed by atoms with Gasteiger partial charge in [0.2, 0.25) is 5.91 Å². The first-order valence-electron chi connectivity index (χ1n) is 6.63. The quantitative estimate of drug-likeness (QED) is 0.676. The summed E-state index contributed by atoms with van der Waals surface area (Å²) in [7, 11) is 0. The Kier molecular flexibility index (Phi) is 3.78. The number of anilines is 1. The summed E-state index contributed by atoms with van der Waals surface area (Å²) in [4.78, 5) is 34.3. The molecule has 0 spiro atoms. The van der Waals surface area contributed by atoms with Gasteiger partial charge in [-0.1, -0.05) is 6.07 Å². The van der Waals surface area contributed by atoms with Crippen LogP contribution in [0.3, 0.4) is 0 Å². The van der Waals surface area contributed by atoms with Crippen LogP contribution in [0, 0.1) is 0 Å². The summed E-state index contributed by atoms with van der Waals surface area (Å²) in [6.45, 7) is -0.141. The van der Waals surface area contributed by atoms with Crippen LogP contribution in [-0.4, -0.2) is 33.3 Å². The molecule has 2 heterocycles. The zero-order valence-corrected chi connectivity index (χ0v) is 11.5. The van der Waals surface area contributed by atoms with Crippen LogP contribution in [0.4, 0.5) is 5.69 Å². The molecule has 2 amide bonds. The van der Waals surface area contributed by atoms with Gasteiger partial charge >= 0.3 is 0 Å². The number of fused-ring (bicyclic) bond motifs is 1. The summed E-state index contributed by atoms with van der Waals surface area (Å²) >= 11 is 0. The third kappa shape index (κ3) is 3.09. The van der Waals surface area contributed by atoms with E-state index in [4.69, 9.17) is 0 Å². The van der Waals surface area contributed by atoms with Gasteiger partial charge in [-0.05, 0) is 23.6 Å². The van der Waals surface area contributed by atoms with E-state index in [1.807, 2.05) is 24.4 Å². The summed E-state index contributed by atoms with van der Waals surface area (Å²) in [5.41, 5.74) is 1.76. The highest BCUT2D eigenvalue weighted by Crippen LogP contribution is 2.17. The molecule has 22 heavy (non-hydrogen) atoms. The molecular weight excluding hydrogens is 282 g/mol. The number of hydrogen-bond donors (Lipinski definition) is 3. The first-order chi connectivity index (χ1) is 10.7. The predicted molar refractivity (Wildman–Crippen MR) is 81.3 cm³/mol. The van der Waals surface area contributed by atoms with E-state index in [2.05, 4.69) is 25.6 Å². The number of nitrogens with one attached hydrogen (secondary N) is 3. The molecule has 110 valence electrons. The van der Waals surface area contributed by atoms with E-state index >= 15 is 0 Å². The number of rotatable bonds is 4. The van der Waals surface area contributed by atoms with Crippen LogP contribution in [0.2, 0.25) is 0 Å². The third-order valence-corrected chi connectivity index (χ3v) is 3.04. The van der Waals surface area contributed by atoms with Crippen molar-refractivity contribution in [3.05, 3.63) is 54.7 Å². The molecule has 7 nitrogen and oxygen atoms in total. The van der Waals surface area contributed by atoms with E-state index < -0.39 is 5.91 Å². The average molecular weight is 295 g/mol. The number of benzene rings is 1. The van der Waals surface area contributed by atoms with E-state index in [1.165, 1.54) is 18.6 Å². The van der Waals surface area contributed by atoms with Gasteiger partial charge < -0.3 is 15.6 Å². The highest BCUT2D eigenvalue weighted by Gasteiger charge is 2.09. The second-order valence-electron chi connectivity index (χ2n) is 4.60. The molecule has 0 radical (unpaired) electrons. The molecule has 3 N–H and O–H groups in total. The van der Waals surface area contributed by atoms with Crippen molar-refractivity contribution in [2.24, 2.45) is 0 Å². The average Bonchev–Trinajstić information content (AvgIpc) is 3.01. The largest absolute Gasteiger partial charge is 0.361 e. The standard InChI is InChI=1S/C15H13N5O2/c21-14(9-19-15(22)13-8-16-5-6-18-13)20-11-2-1-10-3-4-17-12(10)7-11/h1-8,17H,9H2,(H,19,22)(H,20,21). The lowest BCUT2D eigenvalue weighted by Crippen LogP contribution is -2.33. The highest BCUT2D eigenvalue weighted by molar-refractivity contribution is 5.99. The molecule has 0 saturated carbocycles. The number of aromatic amines is 1. The highest BCUT2D eigenvalue weighted by atomic mass is 16.2. The zero-order valence-electron chi connectivity index (χ0n) is 11.5. The number of aromatic nitrogens is 3. The Hall–Kier alpha value is -3.22. The van der Waals surface area contributed by atoms with Crippen LogP contribution < -0.4 is 10.6 Å². The molecule has 3 rings (SSSR count). The minimum Gasteiger partial charge on any atom is -0.361 e. The Labute approximate surface area is 125 Å². The van der Waals surface area contributed by atoms with Gasteiger partial charge in [0.1, 0.15) is 5.69 Å². The monoisotopic (exact) mass is 295 g/mol. The van der Waals surface area contributed by atoms with Crippen LogP contribution in [0.15, 0.2) is 49.1 Å². The Morgan fingerprint density at radius 1 is 1.18 bits per heavy atom. The van der Waals surface area contributed by atoms with Crippen molar-refractivity contribution in [2.45, 2.75) is 0 Å². The van der Waals surface area contributed by atoms with Crippen LogP contribution in [0.25, 0.3) is 10.9 Å². The summed E-state index contributed by atoms with van der Waals surface area (Å²) in [5.74, 6) is -0.758. The molecule has 0 aliphatic rings. The van der Waals surface area contributed by atoms with Crippen LogP contribution in [-0.2, 0) is 4.79 Å². The van der Waals surface area contributed by atoms with Crippen molar-refractivity contribution < 1.29 is 9.59 Å². The maximum absolute atomic E-state index is 11.9. The molecule has 0 atom stereocenters. The van der Waals surface area contributed by atoms with Crippen molar-refractivity contribution in [3.63, 3.8) is 0 Å². The van der Waals surface area contributed by atoms with E-state index in [9.17, 15) is 9.59 Å². The second kappa shape index (κ2) is 6.04. The first-order valence-corrected chi connectivity index (χ1v) is 6.63. The summed E-state index contributed by atoms with van der Waals surface area (Å²) in [6.07, 6.45) is 6.06. The van der Waals surface area contributed by atoms with Crippen molar-refractivity contribution in [3.8, 4) is 0 Å². The van der Waals surface area contributed by atoms with Crippen molar-refractivity contribution in [2.75, 3.05) is 11.9 Å². The van der Waals surface area contributed by atoms with Crippen LogP contribution in [0.1, 0.15) is 10.5 Å². The van der Waals surface area contributed by atoms with Gasteiger partial charge in [-0.3, -0.25) is 14.6 Å². The molecule has 2 aromatic heterocycles. The fraction of sp³-hybridized carbons (Fsp3) is 0.0667. The molecule has 0 saturated heterocycles. The number of H-pyrrole nitrogens is 1. The molecular formula is C15H13N5O2. The molecule has 0 bridgehead atoms. The Bertz CT molecular complexity index is 813. The summed E-state index contributed by atoms with van der Waals surface area (Å²) in [5, 5.41) is 6.27. The SMILES string of the molecule is O=C(CNC(=O)c1cnccn1)Nc1ccc2cc[nH]c2c1. The topological polar surface area (TPSA) is 99.8 Å².